The number of alkyl halides is 1. The van der Waals surface area contributed by atoms with Gasteiger partial charge in [-0.05, 0) is 37.0 Å². The molecule has 0 aromatic heterocycles. The second-order valence-electron chi connectivity index (χ2n) is 5.72. The van der Waals surface area contributed by atoms with Gasteiger partial charge in [-0.25, -0.2) is 8.42 Å². The first kappa shape index (κ1) is 20.9. The van der Waals surface area contributed by atoms with Crippen molar-refractivity contribution < 1.29 is 18.3 Å². The first-order chi connectivity index (χ1) is 11.3. The molecule has 0 aliphatic carbocycles. The molecule has 0 aliphatic rings. The van der Waals surface area contributed by atoms with E-state index in [0.29, 0.717) is 12.1 Å². The first-order valence-electron chi connectivity index (χ1n) is 7.98. The Morgan fingerprint density at radius 2 is 1.71 bits per heavy atom. The number of benzene rings is 1. The zero-order chi connectivity index (χ0) is 18.0. The van der Waals surface area contributed by atoms with Crippen molar-refractivity contribution in [2.24, 2.45) is 5.73 Å². The number of sulfonamides is 1. The number of carbonyl (C=O) groups is 1. The lowest BCUT2D eigenvalue weighted by molar-refractivity contribution is -0.138. The Labute approximate surface area is 152 Å². The van der Waals surface area contributed by atoms with E-state index in [2.05, 4.69) is 20.7 Å². The fourth-order valence-corrected chi connectivity index (χ4v) is 3.78. The minimum absolute atomic E-state index is 0.104. The summed E-state index contributed by atoms with van der Waals surface area (Å²) in [7, 11) is -3.35. The number of aliphatic carboxylic acids is 1. The molecule has 1 aromatic rings. The van der Waals surface area contributed by atoms with Gasteiger partial charge in [-0.3, -0.25) is 9.52 Å². The predicted octanol–water partition coefficient (Wildman–Crippen LogP) is 2.73. The van der Waals surface area contributed by atoms with Crippen molar-refractivity contribution in [2.75, 3.05) is 15.8 Å². The zero-order valence-electron chi connectivity index (χ0n) is 13.6. The molecule has 0 spiro atoms. The molecule has 1 atom stereocenters. The highest BCUT2D eigenvalue weighted by atomic mass is 79.9. The number of anilines is 1. The third kappa shape index (κ3) is 8.65. The van der Waals surface area contributed by atoms with Gasteiger partial charge in [0, 0.05) is 11.0 Å². The predicted molar refractivity (Wildman–Crippen MR) is 100 cm³/mol. The molecule has 0 amide bonds. The summed E-state index contributed by atoms with van der Waals surface area (Å²) in [4.78, 5) is 10.7. The van der Waals surface area contributed by atoms with E-state index >= 15 is 0 Å². The van der Waals surface area contributed by atoms with Crippen molar-refractivity contribution in [3.8, 4) is 0 Å². The van der Waals surface area contributed by atoms with Gasteiger partial charge in [-0.15, -0.1) is 0 Å². The average molecular weight is 421 g/mol. The number of rotatable bonds is 12. The Hall–Kier alpha value is -1.12. The van der Waals surface area contributed by atoms with Gasteiger partial charge in [0.2, 0.25) is 10.0 Å². The molecule has 1 rings (SSSR count). The zero-order valence-corrected chi connectivity index (χ0v) is 16.0. The Kier molecular flexibility index (Phi) is 9.31. The Morgan fingerprint density at radius 3 is 2.29 bits per heavy atom. The van der Waals surface area contributed by atoms with Crippen molar-refractivity contribution >= 4 is 37.6 Å². The molecule has 4 N–H and O–H groups in total. The Morgan fingerprint density at radius 1 is 1.12 bits per heavy atom. The summed E-state index contributed by atoms with van der Waals surface area (Å²) in [5, 5.41) is 9.77. The number of unbranched alkanes of at least 4 members (excludes halogenated alkanes) is 4. The van der Waals surface area contributed by atoms with E-state index in [9.17, 15) is 13.2 Å². The highest BCUT2D eigenvalue weighted by molar-refractivity contribution is 9.09. The van der Waals surface area contributed by atoms with Gasteiger partial charge in [-0.1, -0.05) is 47.3 Å². The van der Waals surface area contributed by atoms with Crippen molar-refractivity contribution in [3.05, 3.63) is 29.8 Å². The van der Waals surface area contributed by atoms with E-state index in [1.54, 1.807) is 24.3 Å². The van der Waals surface area contributed by atoms with E-state index in [1.807, 2.05) is 0 Å². The maximum absolute atomic E-state index is 12.0. The molecule has 0 radical (unpaired) electrons. The van der Waals surface area contributed by atoms with Crippen LogP contribution in [0.3, 0.4) is 0 Å². The molecule has 0 heterocycles. The van der Waals surface area contributed by atoms with Crippen LogP contribution in [-0.2, 0) is 21.2 Å². The third-order valence-electron chi connectivity index (χ3n) is 3.55. The molecule has 0 aliphatic heterocycles. The molecule has 1 aromatic carbocycles. The largest absolute Gasteiger partial charge is 0.480 e. The topological polar surface area (TPSA) is 109 Å². The summed E-state index contributed by atoms with van der Waals surface area (Å²) in [5.41, 5.74) is 6.70. The number of hydrogen-bond acceptors (Lipinski definition) is 4. The lowest BCUT2D eigenvalue weighted by Gasteiger charge is -2.10. The molecule has 136 valence electrons. The lowest BCUT2D eigenvalue weighted by atomic mass is 10.1. The minimum atomic E-state index is -3.35. The van der Waals surface area contributed by atoms with Gasteiger partial charge in [0.1, 0.15) is 6.04 Å². The van der Waals surface area contributed by atoms with Gasteiger partial charge >= 0.3 is 5.97 Å². The van der Waals surface area contributed by atoms with Crippen LogP contribution in [0.5, 0.6) is 0 Å². The summed E-state index contributed by atoms with van der Waals surface area (Å²) in [5.74, 6) is -0.955. The third-order valence-corrected chi connectivity index (χ3v) is 5.48. The molecule has 0 bridgehead atoms. The van der Waals surface area contributed by atoms with Crippen LogP contribution in [0.25, 0.3) is 0 Å². The molecule has 24 heavy (non-hydrogen) atoms. The summed E-state index contributed by atoms with van der Waals surface area (Å²) in [6, 6.07) is 5.65. The highest BCUT2D eigenvalue weighted by Crippen LogP contribution is 2.14. The van der Waals surface area contributed by atoms with E-state index in [0.717, 1.165) is 36.6 Å². The fourth-order valence-electron chi connectivity index (χ4n) is 2.20. The number of halogens is 1. The van der Waals surface area contributed by atoms with Crippen molar-refractivity contribution in [3.63, 3.8) is 0 Å². The number of carboxylic acid groups (broad SMARTS) is 1. The van der Waals surface area contributed by atoms with Crippen LogP contribution >= 0.6 is 15.9 Å². The number of hydrogen-bond donors (Lipinski definition) is 3. The van der Waals surface area contributed by atoms with Gasteiger partial charge in [-0.2, -0.15) is 0 Å². The summed E-state index contributed by atoms with van der Waals surface area (Å²) >= 11 is 3.37. The van der Waals surface area contributed by atoms with E-state index in [1.165, 1.54) is 0 Å². The quantitative estimate of drug-likeness (QED) is 0.355. The minimum Gasteiger partial charge on any atom is -0.480 e. The van der Waals surface area contributed by atoms with Crippen LogP contribution in [-0.4, -0.2) is 36.6 Å². The van der Waals surface area contributed by atoms with Gasteiger partial charge in [0.25, 0.3) is 0 Å². The number of nitrogens with one attached hydrogen (secondary N) is 1. The van der Waals surface area contributed by atoms with Crippen LogP contribution < -0.4 is 10.5 Å². The normalized spacial score (nSPS) is 12.8. The second kappa shape index (κ2) is 10.7. The smallest absolute Gasteiger partial charge is 0.320 e. The summed E-state index contributed by atoms with van der Waals surface area (Å²) < 4.78 is 26.6. The number of carboxylic acids is 1. The van der Waals surface area contributed by atoms with Crippen LogP contribution in [0.2, 0.25) is 0 Å². The van der Waals surface area contributed by atoms with Crippen molar-refractivity contribution in [1.82, 2.24) is 0 Å². The van der Waals surface area contributed by atoms with Crippen molar-refractivity contribution in [2.45, 2.75) is 44.6 Å². The maximum atomic E-state index is 12.0. The Bertz CT molecular complexity index is 605. The molecule has 0 saturated carbocycles. The molecular weight excluding hydrogens is 396 g/mol. The molecule has 0 saturated heterocycles. The highest BCUT2D eigenvalue weighted by Gasteiger charge is 2.13. The van der Waals surface area contributed by atoms with E-state index < -0.39 is 22.0 Å². The molecule has 6 nitrogen and oxygen atoms in total. The molecule has 0 unspecified atom stereocenters. The second-order valence-corrected chi connectivity index (χ2v) is 8.36. The summed E-state index contributed by atoms with van der Waals surface area (Å²) in [6.45, 7) is 0. The van der Waals surface area contributed by atoms with Crippen LogP contribution in [0.1, 0.15) is 37.7 Å². The summed E-state index contributed by atoms with van der Waals surface area (Å²) in [6.07, 6.45) is 5.01. The maximum Gasteiger partial charge on any atom is 0.320 e. The number of nitrogens with two attached hydrogens (primary N) is 1. The van der Waals surface area contributed by atoms with E-state index in [-0.39, 0.29) is 12.2 Å². The standard InChI is InChI=1S/C16H25BrN2O4S/c17-10-4-2-1-3-5-11-24(22,23)19-14-8-6-13(7-9-14)12-15(18)16(20)21/h6-9,15,19H,1-5,10-12,18H2,(H,20,21)/t15-/m0/s1. The van der Waals surface area contributed by atoms with Crippen LogP contribution in [0.4, 0.5) is 5.69 Å². The van der Waals surface area contributed by atoms with Crippen LogP contribution in [0.15, 0.2) is 24.3 Å². The molecular formula is C16H25BrN2O4S. The average Bonchev–Trinajstić information content (AvgIpc) is 2.52. The lowest BCUT2D eigenvalue weighted by Crippen LogP contribution is -2.32. The van der Waals surface area contributed by atoms with Gasteiger partial charge < -0.3 is 10.8 Å². The van der Waals surface area contributed by atoms with Crippen LogP contribution in [0, 0.1) is 0 Å². The van der Waals surface area contributed by atoms with E-state index in [4.69, 9.17) is 10.8 Å². The SMILES string of the molecule is N[C@@H](Cc1ccc(NS(=O)(=O)CCCCCCCBr)cc1)C(=O)O. The molecule has 0 fully saturated rings. The monoisotopic (exact) mass is 420 g/mol. The van der Waals surface area contributed by atoms with Crippen molar-refractivity contribution in [1.29, 1.82) is 0 Å². The fraction of sp³-hybridized carbons (Fsp3) is 0.562. The van der Waals surface area contributed by atoms with Gasteiger partial charge in [0.15, 0.2) is 0 Å². The first-order valence-corrected chi connectivity index (χ1v) is 10.8. The molecule has 8 heteroatoms. The Balaban J connectivity index is 2.42. The van der Waals surface area contributed by atoms with Gasteiger partial charge in [0.05, 0.1) is 5.75 Å².